The van der Waals surface area contributed by atoms with Crippen LogP contribution in [0.1, 0.15) is 12.8 Å². The minimum Gasteiger partial charge on any atom is -0.497 e. The number of rotatable bonds is 2. The molecule has 0 aromatic heterocycles. The van der Waals surface area contributed by atoms with Gasteiger partial charge in [-0.3, -0.25) is 4.79 Å². The van der Waals surface area contributed by atoms with Crippen LogP contribution >= 0.6 is 31.9 Å². The summed E-state index contributed by atoms with van der Waals surface area (Å²) in [5.74, 6) is 0.871. The van der Waals surface area contributed by atoms with Gasteiger partial charge in [0.25, 0.3) is 0 Å². The molecule has 17 heavy (non-hydrogen) atoms. The highest BCUT2D eigenvalue weighted by molar-refractivity contribution is 9.10. The van der Waals surface area contributed by atoms with Crippen LogP contribution in [0.2, 0.25) is 0 Å². The fourth-order valence-electron chi connectivity index (χ4n) is 1.91. The summed E-state index contributed by atoms with van der Waals surface area (Å²) >= 11 is 6.84. The Balaban J connectivity index is 2.32. The molecule has 1 aromatic carbocycles. The van der Waals surface area contributed by atoms with Crippen molar-refractivity contribution < 1.29 is 9.53 Å². The van der Waals surface area contributed by atoms with E-state index in [0.29, 0.717) is 0 Å². The fraction of sp³-hybridized carbons (Fsp3) is 0.417. The zero-order valence-corrected chi connectivity index (χ0v) is 12.6. The van der Waals surface area contributed by atoms with Gasteiger partial charge < -0.3 is 9.64 Å². The van der Waals surface area contributed by atoms with Gasteiger partial charge in [-0.25, -0.2) is 0 Å². The molecule has 1 aromatic rings. The maximum Gasteiger partial charge on any atom is 0.240 e. The monoisotopic (exact) mass is 361 g/mol. The number of alkyl halides is 1. The second kappa shape index (κ2) is 5.40. The molecule has 1 aliphatic heterocycles. The normalized spacial score (nSPS) is 20.5. The number of piperidine rings is 1. The highest BCUT2D eigenvalue weighted by Gasteiger charge is 2.27. The first kappa shape index (κ1) is 12.9. The lowest BCUT2D eigenvalue weighted by Gasteiger charge is -2.30. The average molecular weight is 363 g/mol. The molecule has 1 aliphatic rings. The van der Waals surface area contributed by atoms with E-state index in [-0.39, 0.29) is 10.7 Å². The third-order valence-electron chi connectivity index (χ3n) is 2.78. The summed E-state index contributed by atoms with van der Waals surface area (Å²) in [7, 11) is 1.62. The standard InChI is InChI=1S/C12H13Br2NO2/c1-17-10-6-8(13)5-9(7-10)15-4-2-3-11(14)12(15)16/h5-7,11H,2-4H2,1H3. The van der Waals surface area contributed by atoms with E-state index in [9.17, 15) is 4.79 Å². The third-order valence-corrected chi connectivity index (χ3v) is 4.08. The number of hydrogen-bond acceptors (Lipinski definition) is 2. The predicted octanol–water partition coefficient (Wildman–Crippen LogP) is 3.35. The van der Waals surface area contributed by atoms with E-state index < -0.39 is 0 Å². The first-order chi connectivity index (χ1) is 8.11. The Hall–Kier alpha value is -0.550. The number of nitrogens with zero attached hydrogens (tertiary/aromatic N) is 1. The number of amides is 1. The summed E-state index contributed by atoms with van der Waals surface area (Å²) in [4.78, 5) is 13.8. The van der Waals surface area contributed by atoms with Crippen molar-refractivity contribution in [1.82, 2.24) is 0 Å². The Morgan fingerprint density at radius 1 is 1.41 bits per heavy atom. The number of benzene rings is 1. The van der Waals surface area contributed by atoms with Crippen LogP contribution in [0, 0.1) is 0 Å². The van der Waals surface area contributed by atoms with Crippen LogP contribution in [0.4, 0.5) is 5.69 Å². The lowest BCUT2D eigenvalue weighted by molar-refractivity contribution is -0.118. The van der Waals surface area contributed by atoms with Gasteiger partial charge in [0, 0.05) is 22.8 Å². The van der Waals surface area contributed by atoms with Crippen LogP contribution in [0.3, 0.4) is 0 Å². The summed E-state index contributed by atoms with van der Waals surface area (Å²) in [5.41, 5.74) is 0.880. The van der Waals surface area contributed by atoms with Crippen molar-refractivity contribution in [3.8, 4) is 5.75 Å². The van der Waals surface area contributed by atoms with Gasteiger partial charge in [0.15, 0.2) is 0 Å². The number of hydrogen-bond donors (Lipinski definition) is 0. The van der Waals surface area contributed by atoms with Gasteiger partial charge in [0.2, 0.25) is 5.91 Å². The second-order valence-corrected chi connectivity index (χ2v) is 5.97. The number of methoxy groups -OCH3 is 1. The van der Waals surface area contributed by atoms with Gasteiger partial charge in [-0.1, -0.05) is 31.9 Å². The van der Waals surface area contributed by atoms with Gasteiger partial charge in [-0.05, 0) is 25.0 Å². The van der Waals surface area contributed by atoms with Crippen molar-refractivity contribution >= 4 is 43.5 Å². The Morgan fingerprint density at radius 2 is 2.18 bits per heavy atom. The van der Waals surface area contributed by atoms with Crippen molar-refractivity contribution in [2.24, 2.45) is 0 Å². The second-order valence-electron chi connectivity index (χ2n) is 3.95. The van der Waals surface area contributed by atoms with Crippen molar-refractivity contribution in [2.45, 2.75) is 17.7 Å². The van der Waals surface area contributed by atoms with Crippen molar-refractivity contribution in [3.63, 3.8) is 0 Å². The Kier molecular flexibility index (Phi) is 4.09. The van der Waals surface area contributed by atoms with Crippen LogP contribution in [-0.2, 0) is 4.79 Å². The maximum atomic E-state index is 12.1. The molecule has 2 rings (SSSR count). The van der Waals surface area contributed by atoms with E-state index in [2.05, 4.69) is 31.9 Å². The molecule has 1 atom stereocenters. The van der Waals surface area contributed by atoms with Crippen molar-refractivity contribution in [1.29, 1.82) is 0 Å². The molecule has 1 unspecified atom stereocenters. The van der Waals surface area contributed by atoms with Gasteiger partial charge >= 0.3 is 0 Å². The van der Waals surface area contributed by atoms with Crippen molar-refractivity contribution in [2.75, 3.05) is 18.6 Å². The summed E-state index contributed by atoms with van der Waals surface area (Å²) in [6.45, 7) is 0.764. The fourth-order valence-corrected chi connectivity index (χ4v) is 2.94. The number of anilines is 1. The molecule has 1 heterocycles. The van der Waals surface area contributed by atoms with E-state index in [0.717, 1.165) is 35.3 Å². The first-order valence-electron chi connectivity index (χ1n) is 5.42. The SMILES string of the molecule is COc1cc(Br)cc(N2CCCC(Br)C2=O)c1. The number of halogens is 2. The molecule has 0 bridgehead atoms. The predicted molar refractivity (Wildman–Crippen MR) is 75.0 cm³/mol. The zero-order valence-electron chi connectivity index (χ0n) is 9.45. The topological polar surface area (TPSA) is 29.5 Å². The molecular weight excluding hydrogens is 350 g/mol. The summed E-state index contributed by atoms with van der Waals surface area (Å²) in [5, 5.41) is 0. The number of ether oxygens (including phenoxy) is 1. The van der Waals surface area contributed by atoms with E-state index in [4.69, 9.17) is 4.74 Å². The molecule has 3 nitrogen and oxygen atoms in total. The minimum absolute atomic E-state index is 0.0683. The molecule has 0 spiro atoms. The van der Waals surface area contributed by atoms with Crippen LogP contribution in [0.5, 0.6) is 5.75 Å². The van der Waals surface area contributed by atoms with E-state index in [1.54, 1.807) is 12.0 Å². The highest BCUT2D eigenvalue weighted by Crippen LogP contribution is 2.30. The van der Waals surface area contributed by atoms with Crippen LogP contribution < -0.4 is 9.64 Å². The molecule has 1 fully saturated rings. The maximum absolute atomic E-state index is 12.1. The highest BCUT2D eigenvalue weighted by atomic mass is 79.9. The summed E-state index contributed by atoms with van der Waals surface area (Å²) in [6.07, 6.45) is 1.91. The molecule has 1 amide bonds. The molecule has 1 saturated heterocycles. The van der Waals surface area contributed by atoms with Crippen LogP contribution in [0.25, 0.3) is 0 Å². The Labute approximate surface area is 117 Å². The smallest absolute Gasteiger partial charge is 0.240 e. The van der Waals surface area contributed by atoms with Gasteiger partial charge in [-0.2, -0.15) is 0 Å². The summed E-state index contributed by atoms with van der Waals surface area (Å²) < 4.78 is 6.12. The Bertz CT molecular complexity index is 437. The molecule has 92 valence electrons. The van der Waals surface area contributed by atoms with Crippen LogP contribution in [0.15, 0.2) is 22.7 Å². The minimum atomic E-state index is -0.0683. The van der Waals surface area contributed by atoms with E-state index in [1.807, 2.05) is 18.2 Å². The molecule has 0 N–H and O–H groups in total. The van der Waals surface area contributed by atoms with Crippen molar-refractivity contribution in [3.05, 3.63) is 22.7 Å². The van der Waals surface area contributed by atoms with Gasteiger partial charge in [0.1, 0.15) is 5.75 Å². The summed E-state index contributed by atoms with van der Waals surface area (Å²) in [6, 6.07) is 5.70. The van der Waals surface area contributed by atoms with Crippen LogP contribution in [-0.4, -0.2) is 24.4 Å². The van der Waals surface area contributed by atoms with Gasteiger partial charge in [0.05, 0.1) is 11.9 Å². The lowest BCUT2D eigenvalue weighted by atomic mass is 10.1. The number of carbonyl (C=O) groups excluding carboxylic acids is 1. The average Bonchev–Trinajstić information content (AvgIpc) is 2.31. The first-order valence-corrected chi connectivity index (χ1v) is 7.12. The molecular formula is C12H13Br2NO2. The molecule has 5 heteroatoms. The van der Waals surface area contributed by atoms with E-state index in [1.165, 1.54) is 0 Å². The van der Waals surface area contributed by atoms with Gasteiger partial charge in [-0.15, -0.1) is 0 Å². The van der Waals surface area contributed by atoms with E-state index >= 15 is 0 Å². The largest absolute Gasteiger partial charge is 0.497 e. The zero-order chi connectivity index (χ0) is 12.4. The third kappa shape index (κ3) is 2.83. The molecule has 0 aliphatic carbocycles. The lowest BCUT2D eigenvalue weighted by Crippen LogP contribution is -2.41. The molecule has 0 saturated carbocycles. The number of carbonyl (C=O) groups is 1. The Morgan fingerprint density at radius 3 is 2.88 bits per heavy atom. The molecule has 0 radical (unpaired) electrons. The quantitative estimate of drug-likeness (QED) is 0.755.